The number of ether oxygens (including phenoxy) is 1. The van der Waals surface area contributed by atoms with Crippen LogP contribution in [0.25, 0.3) is 16.5 Å². The second-order valence-corrected chi connectivity index (χ2v) is 8.57. The van der Waals surface area contributed by atoms with Gasteiger partial charge in [-0.2, -0.15) is 0 Å². The molecule has 2 aromatic heterocycles. The van der Waals surface area contributed by atoms with E-state index in [0.717, 1.165) is 41.4 Å². The first-order valence-electron chi connectivity index (χ1n) is 11.2. The molecule has 1 fully saturated rings. The minimum absolute atomic E-state index is 0.0198. The van der Waals surface area contributed by atoms with Gasteiger partial charge in [-0.05, 0) is 24.1 Å². The lowest BCUT2D eigenvalue weighted by molar-refractivity contribution is 0.0880. The fraction of sp³-hybridized carbons (Fsp3) is 0.360. The normalized spacial score (nSPS) is 21.3. The number of aliphatic hydroxyl groups is 1. The maximum absolute atomic E-state index is 14.4. The molecule has 9 heteroatoms. The number of halogens is 3. The molecule has 0 amide bonds. The molecule has 0 spiro atoms. The number of aliphatic hydroxyl groups excluding tert-OH is 1. The summed E-state index contributed by atoms with van der Waals surface area (Å²) in [5.41, 5.74) is 2.92. The van der Waals surface area contributed by atoms with Crippen molar-refractivity contribution in [3.05, 3.63) is 71.4 Å². The summed E-state index contributed by atoms with van der Waals surface area (Å²) in [6.45, 7) is 2.49. The van der Waals surface area contributed by atoms with E-state index in [1.165, 1.54) is 12.1 Å². The Bertz CT molecular complexity index is 1220. The first kappa shape index (κ1) is 22.8. The number of fused-ring (bicyclic) bond motifs is 1. The van der Waals surface area contributed by atoms with Gasteiger partial charge in [-0.3, -0.25) is 14.9 Å². The van der Waals surface area contributed by atoms with Gasteiger partial charge in [0.05, 0.1) is 48.3 Å². The Kier molecular flexibility index (Phi) is 6.49. The van der Waals surface area contributed by atoms with Crippen LogP contribution >= 0.6 is 0 Å². The predicted octanol–water partition coefficient (Wildman–Crippen LogP) is 4.17. The van der Waals surface area contributed by atoms with Crippen LogP contribution in [0.15, 0.2) is 48.8 Å². The largest absolute Gasteiger partial charge is 0.389 e. The molecule has 5 rings (SSSR count). The van der Waals surface area contributed by atoms with Crippen LogP contribution in [0.2, 0.25) is 0 Å². The first-order valence-corrected chi connectivity index (χ1v) is 11.2. The molecule has 0 bridgehead atoms. The molecule has 34 heavy (non-hydrogen) atoms. The zero-order valence-corrected chi connectivity index (χ0v) is 18.4. The molecule has 178 valence electrons. The Morgan fingerprint density at radius 3 is 2.82 bits per heavy atom. The van der Waals surface area contributed by atoms with Gasteiger partial charge in [0.1, 0.15) is 5.82 Å². The van der Waals surface area contributed by atoms with E-state index in [1.54, 1.807) is 18.5 Å². The third-order valence-corrected chi connectivity index (χ3v) is 6.50. The zero-order chi connectivity index (χ0) is 23.7. The maximum atomic E-state index is 14.4. The summed E-state index contributed by atoms with van der Waals surface area (Å²) in [5.74, 6) is -0.889. The monoisotopic (exact) mass is 470 g/mol. The Labute approximate surface area is 195 Å². The second-order valence-electron chi connectivity index (χ2n) is 8.57. The van der Waals surface area contributed by atoms with Crippen LogP contribution in [-0.4, -0.2) is 58.4 Å². The van der Waals surface area contributed by atoms with E-state index in [-0.39, 0.29) is 18.2 Å². The molecule has 2 unspecified atom stereocenters. The van der Waals surface area contributed by atoms with Gasteiger partial charge < -0.3 is 15.2 Å². The van der Waals surface area contributed by atoms with Crippen LogP contribution in [0, 0.1) is 5.82 Å². The van der Waals surface area contributed by atoms with Crippen LogP contribution in [0.5, 0.6) is 0 Å². The van der Waals surface area contributed by atoms with Crippen molar-refractivity contribution >= 4 is 22.2 Å². The average Bonchev–Trinajstić information content (AvgIpc) is 3.28. The molecule has 0 radical (unpaired) electrons. The topological polar surface area (TPSA) is 70.5 Å². The van der Waals surface area contributed by atoms with Crippen molar-refractivity contribution in [2.24, 2.45) is 0 Å². The number of nitrogens with zero attached hydrogens (tertiary/aromatic N) is 3. The first-order chi connectivity index (χ1) is 16.5. The van der Waals surface area contributed by atoms with Crippen molar-refractivity contribution < 1.29 is 23.0 Å². The van der Waals surface area contributed by atoms with Crippen molar-refractivity contribution in [3.8, 4) is 0 Å². The summed E-state index contributed by atoms with van der Waals surface area (Å²) in [6.07, 6.45) is 2.92. The van der Waals surface area contributed by atoms with E-state index in [2.05, 4.69) is 26.3 Å². The summed E-state index contributed by atoms with van der Waals surface area (Å²) < 4.78 is 45.9. The Morgan fingerprint density at radius 1 is 1.21 bits per heavy atom. The van der Waals surface area contributed by atoms with E-state index >= 15 is 0 Å². The lowest BCUT2D eigenvalue weighted by Crippen LogP contribution is -2.44. The number of hydrogen-bond donors (Lipinski definition) is 2. The lowest BCUT2D eigenvalue weighted by atomic mass is 10.0. The molecule has 0 saturated carbocycles. The highest BCUT2D eigenvalue weighted by Crippen LogP contribution is 2.29. The standard InChI is InChI=1S/C25H25F3N4O2/c26-24-16(2-1-3-17(24)25(27)28)11-30-19-4-7-29-21-12-31-20(10-18(19)21)15-5-8-32(9-6-15)22-13-34-14-23(22)33/h1-5,7,10,12,22-23,25,33H,6,8-9,11,13-14H2,(H,29,30). The highest BCUT2D eigenvalue weighted by Gasteiger charge is 2.32. The quantitative estimate of drug-likeness (QED) is 0.564. The molecule has 3 aromatic rings. The number of hydrogen-bond acceptors (Lipinski definition) is 6. The third-order valence-electron chi connectivity index (χ3n) is 6.50. The van der Waals surface area contributed by atoms with Gasteiger partial charge in [0, 0.05) is 42.5 Å². The van der Waals surface area contributed by atoms with Crippen molar-refractivity contribution in [2.45, 2.75) is 31.5 Å². The van der Waals surface area contributed by atoms with Crippen LogP contribution in [0.4, 0.5) is 18.9 Å². The molecule has 0 aliphatic carbocycles. The van der Waals surface area contributed by atoms with Crippen molar-refractivity contribution in [2.75, 3.05) is 31.6 Å². The van der Waals surface area contributed by atoms with Crippen molar-refractivity contribution in [1.29, 1.82) is 0 Å². The SMILES string of the molecule is OC1COCC1N1CC=C(c2cc3c(NCc4cccc(C(F)F)c4F)ccnc3cn2)CC1. The Hall–Kier alpha value is -3.01. The summed E-state index contributed by atoms with van der Waals surface area (Å²) >= 11 is 0. The van der Waals surface area contributed by atoms with E-state index in [9.17, 15) is 18.3 Å². The Morgan fingerprint density at radius 2 is 2.09 bits per heavy atom. The molecular formula is C25H25F3N4O2. The second kappa shape index (κ2) is 9.69. The van der Waals surface area contributed by atoms with E-state index in [4.69, 9.17) is 4.74 Å². The number of aromatic nitrogens is 2. The Balaban J connectivity index is 1.36. The van der Waals surface area contributed by atoms with E-state index in [1.807, 2.05) is 6.07 Å². The molecule has 6 nitrogen and oxygen atoms in total. The fourth-order valence-electron chi connectivity index (χ4n) is 4.57. The minimum Gasteiger partial charge on any atom is -0.389 e. The van der Waals surface area contributed by atoms with Crippen LogP contribution in [0.1, 0.15) is 29.7 Å². The van der Waals surface area contributed by atoms with Gasteiger partial charge in [0.25, 0.3) is 6.43 Å². The van der Waals surface area contributed by atoms with Gasteiger partial charge in [-0.1, -0.05) is 24.3 Å². The van der Waals surface area contributed by atoms with Crippen molar-refractivity contribution in [3.63, 3.8) is 0 Å². The van der Waals surface area contributed by atoms with Crippen LogP contribution in [0.3, 0.4) is 0 Å². The molecule has 2 atom stereocenters. The highest BCUT2D eigenvalue weighted by atomic mass is 19.3. The summed E-state index contributed by atoms with van der Waals surface area (Å²) in [6, 6.07) is 7.78. The van der Waals surface area contributed by atoms with Crippen LogP contribution in [-0.2, 0) is 11.3 Å². The third kappa shape index (κ3) is 4.51. The van der Waals surface area contributed by atoms with Gasteiger partial charge in [0.15, 0.2) is 0 Å². The van der Waals surface area contributed by atoms with Crippen molar-refractivity contribution in [1.82, 2.24) is 14.9 Å². The van der Waals surface area contributed by atoms with E-state index in [0.29, 0.717) is 25.3 Å². The van der Waals surface area contributed by atoms with Gasteiger partial charge >= 0.3 is 0 Å². The molecule has 4 heterocycles. The molecule has 2 aliphatic heterocycles. The van der Waals surface area contributed by atoms with Crippen LogP contribution < -0.4 is 5.32 Å². The zero-order valence-electron chi connectivity index (χ0n) is 18.4. The number of nitrogens with one attached hydrogen (secondary N) is 1. The van der Waals surface area contributed by atoms with Gasteiger partial charge in [-0.15, -0.1) is 0 Å². The highest BCUT2D eigenvalue weighted by molar-refractivity contribution is 5.92. The minimum atomic E-state index is -2.86. The molecule has 1 saturated heterocycles. The average molecular weight is 470 g/mol. The number of anilines is 1. The number of rotatable bonds is 6. The predicted molar refractivity (Wildman–Crippen MR) is 123 cm³/mol. The maximum Gasteiger partial charge on any atom is 0.266 e. The number of benzene rings is 1. The smallest absolute Gasteiger partial charge is 0.266 e. The van der Waals surface area contributed by atoms with Gasteiger partial charge in [-0.25, -0.2) is 13.2 Å². The summed E-state index contributed by atoms with van der Waals surface area (Å²) in [5, 5.41) is 14.1. The molecule has 2 aliphatic rings. The summed E-state index contributed by atoms with van der Waals surface area (Å²) in [7, 11) is 0. The molecule has 2 N–H and O–H groups in total. The molecular weight excluding hydrogens is 445 g/mol. The van der Waals surface area contributed by atoms with E-state index < -0.39 is 23.9 Å². The summed E-state index contributed by atoms with van der Waals surface area (Å²) in [4.78, 5) is 11.2. The van der Waals surface area contributed by atoms with Gasteiger partial charge in [0.2, 0.25) is 0 Å². The number of pyridine rings is 2. The number of alkyl halides is 2. The lowest BCUT2D eigenvalue weighted by Gasteiger charge is -2.32. The molecule has 1 aromatic carbocycles. The fourth-order valence-corrected chi connectivity index (χ4v) is 4.57.